The van der Waals surface area contributed by atoms with E-state index in [9.17, 15) is 8.78 Å². The Labute approximate surface area is 119 Å². The summed E-state index contributed by atoms with van der Waals surface area (Å²) in [7, 11) is 0. The summed E-state index contributed by atoms with van der Waals surface area (Å²) in [5.74, 6) is -0.205. The summed E-state index contributed by atoms with van der Waals surface area (Å²) in [4.78, 5) is 2.37. The van der Waals surface area contributed by atoms with Crippen LogP contribution in [0, 0.1) is 17.6 Å². The molecule has 1 aromatic rings. The highest BCUT2D eigenvalue weighted by Crippen LogP contribution is 2.37. The molecular weight excluding hydrogens is 258 g/mol. The monoisotopic (exact) mass is 280 g/mol. The predicted octanol–water partition coefficient (Wildman–Crippen LogP) is 2.93. The summed E-state index contributed by atoms with van der Waals surface area (Å²) in [5.41, 5.74) is 0.636. The third kappa shape index (κ3) is 3.01. The number of piperazine rings is 1. The van der Waals surface area contributed by atoms with Crippen LogP contribution in [-0.2, 0) is 6.54 Å². The number of nitrogens with zero attached hydrogens (tertiary/aromatic N) is 1. The predicted molar refractivity (Wildman–Crippen MR) is 75.4 cm³/mol. The van der Waals surface area contributed by atoms with E-state index in [0.717, 1.165) is 25.1 Å². The van der Waals surface area contributed by atoms with E-state index >= 15 is 0 Å². The second-order valence-electron chi connectivity index (χ2n) is 6.81. The van der Waals surface area contributed by atoms with Crippen molar-refractivity contribution in [2.24, 2.45) is 5.92 Å². The largest absolute Gasteiger partial charge is 0.309 e. The second kappa shape index (κ2) is 5.08. The molecule has 1 unspecified atom stereocenters. The van der Waals surface area contributed by atoms with Gasteiger partial charge in [-0.2, -0.15) is 0 Å². The fourth-order valence-electron chi connectivity index (χ4n) is 3.18. The summed E-state index contributed by atoms with van der Waals surface area (Å²) in [6.45, 7) is 6.76. The second-order valence-corrected chi connectivity index (χ2v) is 6.81. The summed E-state index contributed by atoms with van der Waals surface area (Å²) < 4.78 is 26.9. The van der Waals surface area contributed by atoms with E-state index in [0.29, 0.717) is 18.2 Å². The molecule has 2 fully saturated rings. The van der Waals surface area contributed by atoms with Crippen molar-refractivity contribution in [3.05, 3.63) is 35.4 Å². The average Bonchev–Trinajstić information content (AvgIpc) is 3.16. The van der Waals surface area contributed by atoms with Crippen LogP contribution in [0.25, 0.3) is 0 Å². The highest BCUT2D eigenvalue weighted by atomic mass is 19.1. The van der Waals surface area contributed by atoms with Crippen LogP contribution in [0.1, 0.15) is 32.3 Å². The van der Waals surface area contributed by atoms with Gasteiger partial charge in [0, 0.05) is 42.8 Å². The van der Waals surface area contributed by atoms with Gasteiger partial charge in [-0.15, -0.1) is 0 Å². The summed E-state index contributed by atoms with van der Waals surface area (Å²) in [5, 5.41) is 3.57. The molecule has 110 valence electrons. The number of benzene rings is 1. The van der Waals surface area contributed by atoms with E-state index in [4.69, 9.17) is 0 Å². The van der Waals surface area contributed by atoms with E-state index in [1.165, 1.54) is 18.9 Å². The van der Waals surface area contributed by atoms with Crippen molar-refractivity contribution in [1.29, 1.82) is 0 Å². The van der Waals surface area contributed by atoms with Gasteiger partial charge < -0.3 is 5.32 Å². The fraction of sp³-hybridized carbons (Fsp3) is 0.625. The summed E-state index contributed by atoms with van der Waals surface area (Å²) in [6, 6.07) is 4.38. The molecule has 1 saturated heterocycles. The van der Waals surface area contributed by atoms with Gasteiger partial charge in [0.1, 0.15) is 11.6 Å². The quantitative estimate of drug-likeness (QED) is 0.916. The van der Waals surface area contributed by atoms with Gasteiger partial charge in [-0.3, -0.25) is 4.90 Å². The lowest BCUT2D eigenvalue weighted by atomic mass is 9.96. The number of halogens is 2. The molecule has 0 amide bonds. The van der Waals surface area contributed by atoms with Crippen LogP contribution in [0.15, 0.2) is 18.2 Å². The number of hydrogen-bond acceptors (Lipinski definition) is 2. The molecule has 4 heteroatoms. The van der Waals surface area contributed by atoms with Crippen LogP contribution in [0.5, 0.6) is 0 Å². The number of nitrogens with one attached hydrogen (secondary N) is 1. The van der Waals surface area contributed by atoms with E-state index in [1.807, 2.05) is 0 Å². The van der Waals surface area contributed by atoms with Crippen molar-refractivity contribution in [2.45, 2.75) is 44.8 Å². The van der Waals surface area contributed by atoms with Crippen LogP contribution >= 0.6 is 0 Å². The SMILES string of the molecule is CC1(C)CN(Cc2ccc(F)cc2F)C(C2CC2)CN1. The van der Waals surface area contributed by atoms with Crippen LogP contribution in [0.2, 0.25) is 0 Å². The molecule has 0 spiro atoms. The minimum absolute atomic E-state index is 0.0435. The lowest BCUT2D eigenvalue weighted by Crippen LogP contribution is -2.61. The van der Waals surface area contributed by atoms with E-state index in [1.54, 1.807) is 6.07 Å². The Morgan fingerprint density at radius 3 is 2.70 bits per heavy atom. The molecule has 0 radical (unpaired) electrons. The molecule has 0 aromatic heterocycles. The zero-order valence-corrected chi connectivity index (χ0v) is 12.1. The van der Waals surface area contributed by atoms with Crippen molar-refractivity contribution < 1.29 is 8.78 Å². The Morgan fingerprint density at radius 2 is 2.05 bits per heavy atom. The van der Waals surface area contributed by atoms with Crippen molar-refractivity contribution in [3.8, 4) is 0 Å². The van der Waals surface area contributed by atoms with E-state index < -0.39 is 11.6 Å². The van der Waals surface area contributed by atoms with Gasteiger partial charge in [-0.25, -0.2) is 8.78 Å². The smallest absolute Gasteiger partial charge is 0.130 e. The van der Waals surface area contributed by atoms with Gasteiger partial charge >= 0.3 is 0 Å². The van der Waals surface area contributed by atoms with Gasteiger partial charge in [0.2, 0.25) is 0 Å². The molecule has 3 rings (SSSR count). The molecule has 1 aliphatic carbocycles. The van der Waals surface area contributed by atoms with E-state index in [-0.39, 0.29) is 5.54 Å². The molecule has 1 heterocycles. The molecule has 1 saturated carbocycles. The lowest BCUT2D eigenvalue weighted by molar-refractivity contribution is 0.0749. The summed E-state index contributed by atoms with van der Waals surface area (Å²) in [6.07, 6.45) is 2.55. The molecule has 0 bridgehead atoms. The Balaban J connectivity index is 1.78. The first kappa shape index (κ1) is 14.0. The maximum Gasteiger partial charge on any atom is 0.130 e. The average molecular weight is 280 g/mol. The maximum absolute atomic E-state index is 13.9. The topological polar surface area (TPSA) is 15.3 Å². The highest BCUT2D eigenvalue weighted by Gasteiger charge is 2.40. The Morgan fingerprint density at radius 1 is 1.30 bits per heavy atom. The van der Waals surface area contributed by atoms with Crippen LogP contribution in [0.4, 0.5) is 8.78 Å². The van der Waals surface area contributed by atoms with Gasteiger partial charge in [-0.05, 0) is 38.7 Å². The zero-order valence-electron chi connectivity index (χ0n) is 12.1. The van der Waals surface area contributed by atoms with Crippen molar-refractivity contribution in [1.82, 2.24) is 10.2 Å². The lowest BCUT2D eigenvalue weighted by Gasteiger charge is -2.45. The van der Waals surface area contributed by atoms with Crippen LogP contribution < -0.4 is 5.32 Å². The van der Waals surface area contributed by atoms with Gasteiger partial charge in [0.05, 0.1) is 0 Å². The van der Waals surface area contributed by atoms with Gasteiger partial charge in [0.15, 0.2) is 0 Å². The number of hydrogen-bond donors (Lipinski definition) is 1. The molecule has 1 N–H and O–H groups in total. The molecule has 2 nitrogen and oxygen atoms in total. The standard InChI is InChI=1S/C16H22F2N2/c1-16(2)10-20(15(8-19-16)11-3-4-11)9-12-5-6-13(17)7-14(12)18/h5-7,11,15,19H,3-4,8-10H2,1-2H3. The molecular formula is C16H22F2N2. The molecule has 1 atom stereocenters. The van der Waals surface area contributed by atoms with Crippen LogP contribution in [-0.4, -0.2) is 29.6 Å². The third-order valence-corrected chi connectivity index (χ3v) is 4.41. The highest BCUT2D eigenvalue weighted by molar-refractivity contribution is 5.19. The molecule has 2 aliphatic rings. The third-order valence-electron chi connectivity index (χ3n) is 4.41. The minimum atomic E-state index is -0.509. The zero-order chi connectivity index (χ0) is 14.3. The van der Waals surface area contributed by atoms with Crippen molar-refractivity contribution in [3.63, 3.8) is 0 Å². The van der Waals surface area contributed by atoms with Crippen LogP contribution in [0.3, 0.4) is 0 Å². The first-order valence-corrected chi connectivity index (χ1v) is 7.38. The first-order chi connectivity index (χ1) is 9.44. The number of rotatable bonds is 3. The minimum Gasteiger partial charge on any atom is -0.309 e. The molecule has 20 heavy (non-hydrogen) atoms. The maximum atomic E-state index is 13.9. The summed E-state index contributed by atoms with van der Waals surface area (Å²) >= 11 is 0. The Kier molecular flexibility index (Phi) is 3.55. The Bertz CT molecular complexity index is 497. The van der Waals surface area contributed by atoms with E-state index in [2.05, 4.69) is 24.1 Å². The molecule has 1 aromatic carbocycles. The van der Waals surface area contributed by atoms with Crippen molar-refractivity contribution in [2.75, 3.05) is 13.1 Å². The first-order valence-electron chi connectivity index (χ1n) is 7.38. The van der Waals surface area contributed by atoms with Gasteiger partial charge in [0.25, 0.3) is 0 Å². The fourth-order valence-corrected chi connectivity index (χ4v) is 3.18. The van der Waals surface area contributed by atoms with Crippen molar-refractivity contribution >= 4 is 0 Å². The van der Waals surface area contributed by atoms with Gasteiger partial charge in [-0.1, -0.05) is 6.07 Å². The Hall–Kier alpha value is -1.00. The normalized spacial score (nSPS) is 26.7. The molecule has 1 aliphatic heterocycles.